The molecule has 20 heavy (non-hydrogen) atoms. The van der Waals surface area contributed by atoms with Gasteiger partial charge in [-0.2, -0.15) is 0 Å². The molecule has 106 valence electrons. The zero-order valence-electron chi connectivity index (χ0n) is 11.0. The summed E-state index contributed by atoms with van der Waals surface area (Å²) in [5, 5.41) is 9.16. The highest BCUT2D eigenvalue weighted by molar-refractivity contribution is 5.83. The van der Waals surface area contributed by atoms with Crippen LogP contribution in [0.5, 0.6) is 5.75 Å². The van der Waals surface area contributed by atoms with E-state index in [0.717, 1.165) is 5.39 Å². The van der Waals surface area contributed by atoms with Crippen LogP contribution in [0.25, 0.3) is 11.0 Å². The summed E-state index contributed by atoms with van der Waals surface area (Å²) in [4.78, 5) is 22.9. The molecule has 1 heterocycles. The second-order valence-corrected chi connectivity index (χ2v) is 4.20. The Kier molecular flexibility index (Phi) is 4.37. The molecule has 2 aromatic rings. The van der Waals surface area contributed by atoms with Crippen LogP contribution in [0.2, 0.25) is 0 Å². The number of aryl methyl sites for hydroxylation is 1. The molecule has 0 atom stereocenters. The minimum Gasteiger partial charge on any atom is -0.490 e. The lowest BCUT2D eigenvalue weighted by atomic mass is 10.1. The third kappa shape index (κ3) is 2.97. The summed E-state index contributed by atoms with van der Waals surface area (Å²) in [7, 11) is 0. The number of carbonyl (C=O) groups is 1. The van der Waals surface area contributed by atoms with Crippen LogP contribution in [-0.2, 0) is 11.2 Å². The molecule has 1 aromatic heterocycles. The average molecular weight is 277 g/mol. The van der Waals surface area contributed by atoms with Gasteiger partial charge in [-0.05, 0) is 25.5 Å². The summed E-state index contributed by atoms with van der Waals surface area (Å²) in [5.41, 5.74) is 1.80. The number of fused-ring (bicyclic) bond motifs is 1. The van der Waals surface area contributed by atoms with E-state index in [9.17, 15) is 9.59 Å². The SMILES string of the molecule is CCOc1cccc2cc(CCC(=O)NO)c(=O)oc12. The van der Waals surface area contributed by atoms with Gasteiger partial charge in [-0.15, -0.1) is 0 Å². The standard InChI is InChI=1S/C14H15NO5/c1-2-19-11-5-3-4-9-8-10(6-7-12(16)15-18)14(17)20-13(9)11/h3-5,8,18H,2,6-7H2,1H3,(H,15,16). The molecule has 0 radical (unpaired) electrons. The molecular formula is C14H15NO5. The number of para-hydroxylation sites is 1. The van der Waals surface area contributed by atoms with Gasteiger partial charge in [0.25, 0.3) is 0 Å². The molecule has 0 saturated carbocycles. The Morgan fingerprint density at radius 1 is 1.45 bits per heavy atom. The Morgan fingerprint density at radius 2 is 2.25 bits per heavy atom. The minimum absolute atomic E-state index is 0.0118. The number of hydroxylamine groups is 1. The number of hydrogen-bond acceptors (Lipinski definition) is 5. The monoisotopic (exact) mass is 277 g/mol. The quantitative estimate of drug-likeness (QED) is 0.492. The van der Waals surface area contributed by atoms with Crippen LogP contribution in [-0.4, -0.2) is 17.7 Å². The predicted molar refractivity (Wildman–Crippen MR) is 71.9 cm³/mol. The minimum atomic E-state index is -0.549. The van der Waals surface area contributed by atoms with Gasteiger partial charge in [0, 0.05) is 17.4 Å². The first-order chi connectivity index (χ1) is 9.65. The van der Waals surface area contributed by atoms with Crippen molar-refractivity contribution < 1.29 is 19.2 Å². The molecule has 2 rings (SSSR count). The van der Waals surface area contributed by atoms with E-state index >= 15 is 0 Å². The Hall–Kier alpha value is -2.34. The lowest BCUT2D eigenvalue weighted by Gasteiger charge is -2.07. The fourth-order valence-corrected chi connectivity index (χ4v) is 1.91. The van der Waals surface area contributed by atoms with Crippen molar-refractivity contribution in [1.29, 1.82) is 0 Å². The molecular weight excluding hydrogens is 262 g/mol. The highest BCUT2D eigenvalue weighted by Gasteiger charge is 2.10. The van der Waals surface area contributed by atoms with E-state index in [4.69, 9.17) is 14.4 Å². The van der Waals surface area contributed by atoms with Crippen LogP contribution in [0.3, 0.4) is 0 Å². The molecule has 1 aromatic carbocycles. The Labute approximate surface area is 114 Å². The van der Waals surface area contributed by atoms with Crippen molar-refractivity contribution in [3.05, 3.63) is 40.2 Å². The molecule has 0 saturated heterocycles. The van der Waals surface area contributed by atoms with Crippen LogP contribution >= 0.6 is 0 Å². The van der Waals surface area contributed by atoms with Gasteiger partial charge in [0.1, 0.15) is 0 Å². The maximum absolute atomic E-state index is 11.9. The first-order valence-corrected chi connectivity index (χ1v) is 6.27. The van der Waals surface area contributed by atoms with Gasteiger partial charge < -0.3 is 9.15 Å². The van der Waals surface area contributed by atoms with Crippen LogP contribution < -0.4 is 15.8 Å². The average Bonchev–Trinajstić information content (AvgIpc) is 2.45. The first kappa shape index (κ1) is 14.1. The van der Waals surface area contributed by atoms with Crippen LogP contribution in [0.15, 0.2) is 33.5 Å². The van der Waals surface area contributed by atoms with E-state index in [1.165, 1.54) is 5.48 Å². The van der Waals surface area contributed by atoms with Crippen molar-refractivity contribution >= 4 is 16.9 Å². The van der Waals surface area contributed by atoms with E-state index in [0.29, 0.717) is 23.5 Å². The second kappa shape index (κ2) is 6.21. The molecule has 0 unspecified atom stereocenters. The molecule has 0 fully saturated rings. The Bertz CT molecular complexity index is 677. The number of hydrogen-bond donors (Lipinski definition) is 2. The zero-order chi connectivity index (χ0) is 14.5. The topological polar surface area (TPSA) is 88.8 Å². The van der Waals surface area contributed by atoms with E-state index < -0.39 is 11.5 Å². The van der Waals surface area contributed by atoms with Crippen molar-refractivity contribution in [1.82, 2.24) is 5.48 Å². The maximum Gasteiger partial charge on any atom is 0.339 e. The molecule has 2 N–H and O–H groups in total. The normalized spacial score (nSPS) is 10.5. The van der Waals surface area contributed by atoms with Gasteiger partial charge in [-0.3, -0.25) is 10.0 Å². The highest BCUT2D eigenvalue weighted by Crippen LogP contribution is 2.25. The number of carbonyl (C=O) groups excluding carboxylic acids is 1. The van der Waals surface area contributed by atoms with Gasteiger partial charge in [0.2, 0.25) is 5.91 Å². The Morgan fingerprint density at radius 3 is 2.95 bits per heavy atom. The highest BCUT2D eigenvalue weighted by atomic mass is 16.5. The van der Waals surface area contributed by atoms with Gasteiger partial charge >= 0.3 is 5.63 Å². The molecule has 0 bridgehead atoms. The lowest BCUT2D eigenvalue weighted by Crippen LogP contribution is -2.20. The zero-order valence-corrected chi connectivity index (χ0v) is 11.0. The lowest BCUT2D eigenvalue weighted by molar-refractivity contribution is -0.129. The summed E-state index contributed by atoms with van der Waals surface area (Å²) in [6, 6.07) is 7.01. The summed E-state index contributed by atoms with van der Waals surface area (Å²) < 4.78 is 10.7. The smallest absolute Gasteiger partial charge is 0.339 e. The fourth-order valence-electron chi connectivity index (χ4n) is 1.91. The van der Waals surface area contributed by atoms with E-state index in [1.807, 2.05) is 6.92 Å². The van der Waals surface area contributed by atoms with Crippen molar-refractivity contribution in [2.45, 2.75) is 19.8 Å². The maximum atomic E-state index is 11.9. The predicted octanol–water partition coefficient (Wildman–Crippen LogP) is 1.63. The number of benzene rings is 1. The second-order valence-electron chi connectivity index (χ2n) is 4.20. The van der Waals surface area contributed by atoms with Crippen molar-refractivity contribution in [3.63, 3.8) is 0 Å². The van der Waals surface area contributed by atoms with Gasteiger partial charge in [-0.25, -0.2) is 10.3 Å². The number of ether oxygens (including phenoxy) is 1. The molecule has 0 spiro atoms. The summed E-state index contributed by atoms with van der Waals surface area (Å²) in [6.07, 6.45) is 0.210. The molecule has 6 heteroatoms. The summed E-state index contributed by atoms with van der Waals surface area (Å²) in [5.74, 6) is -0.0330. The largest absolute Gasteiger partial charge is 0.490 e. The van der Waals surface area contributed by atoms with Crippen LogP contribution in [0.1, 0.15) is 18.9 Å². The molecule has 0 aliphatic heterocycles. The number of rotatable bonds is 5. The van der Waals surface area contributed by atoms with Gasteiger partial charge in [-0.1, -0.05) is 12.1 Å². The number of nitrogens with one attached hydrogen (secondary N) is 1. The van der Waals surface area contributed by atoms with Crippen molar-refractivity contribution in [2.75, 3.05) is 6.61 Å². The molecule has 0 aliphatic rings. The van der Waals surface area contributed by atoms with Gasteiger partial charge in [0.15, 0.2) is 11.3 Å². The molecule has 0 aliphatic carbocycles. The first-order valence-electron chi connectivity index (χ1n) is 6.27. The third-order valence-corrected chi connectivity index (χ3v) is 2.84. The van der Waals surface area contributed by atoms with Crippen LogP contribution in [0, 0.1) is 0 Å². The van der Waals surface area contributed by atoms with E-state index in [1.54, 1.807) is 24.3 Å². The van der Waals surface area contributed by atoms with Crippen LogP contribution in [0.4, 0.5) is 0 Å². The van der Waals surface area contributed by atoms with E-state index in [-0.39, 0.29) is 12.8 Å². The third-order valence-electron chi connectivity index (χ3n) is 2.84. The molecule has 1 amide bonds. The van der Waals surface area contributed by atoms with Crippen molar-refractivity contribution in [3.8, 4) is 5.75 Å². The summed E-state index contributed by atoms with van der Waals surface area (Å²) in [6.45, 7) is 2.32. The summed E-state index contributed by atoms with van der Waals surface area (Å²) >= 11 is 0. The fraction of sp³-hybridized carbons (Fsp3) is 0.286. The van der Waals surface area contributed by atoms with E-state index in [2.05, 4.69) is 0 Å². The Balaban J connectivity index is 2.37. The van der Waals surface area contributed by atoms with Gasteiger partial charge in [0.05, 0.1) is 6.61 Å². The number of amides is 1. The van der Waals surface area contributed by atoms with Crippen molar-refractivity contribution in [2.24, 2.45) is 0 Å². The molecule has 6 nitrogen and oxygen atoms in total.